The van der Waals surface area contributed by atoms with Gasteiger partial charge in [0.25, 0.3) is 0 Å². The van der Waals surface area contributed by atoms with Crippen molar-refractivity contribution in [3.63, 3.8) is 0 Å². The third-order valence-corrected chi connectivity index (χ3v) is 1.33. The summed E-state index contributed by atoms with van der Waals surface area (Å²) >= 11 is 0. The van der Waals surface area contributed by atoms with Crippen LogP contribution in [0.15, 0.2) is 18.3 Å². The second-order valence-electron chi connectivity index (χ2n) is 2.28. The van der Waals surface area contributed by atoms with E-state index in [1.165, 1.54) is 0 Å². The Balaban J connectivity index is 2.77. The lowest BCUT2D eigenvalue weighted by molar-refractivity contribution is 1.03. The van der Waals surface area contributed by atoms with E-state index in [4.69, 9.17) is 11.5 Å². The number of hydrogen-bond acceptors (Lipinski definition) is 3. The second kappa shape index (κ2) is 4.37. The van der Waals surface area contributed by atoms with Gasteiger partial charge in [0.05, 0.1) is 5.56 Å². The standard InChI is InChI=1S/C9H11N3/c10-6-2-1-4-8-5-3-7-12-9(8)11/h3,5,7H,2,6,10H2,(H2,11,12). The number of nitrogens with two attached hydrogens (primary N) is 2. The zero-order chi connectivity index (χ0) is 8.81. The van der Waals surface area contributed by atoms with Crippen LogP contribution in [-0.4, -0.2) is 11.5 Å². The zero-order valence-corrected chi connectivity index (χ0v) is 6.75. The maximum absolute atomic E-state index is 5.56. The van der Waals surface area contributed by atoms with Crippen molar-refractivity contribution in [2.75, 3.05) is 12.3 Å². The molecule has 3 heteroatoms. The molecule has 1 rings (SSSR count). The molecule has 0 aliphatic heterocycles. The third-order valence-electron chi connectivity index (χ3n) is 1.33. The van der Waals surface area contributed by atoms with E-state index >= 15 is 0 Å². The molecule has 1 aromatic heterocycles. The quantitative estimate of drug-likeness (QED) is 0.585. The third kappa shape index (κ3) is 2.26. The molecule has 0 aromatic carbocycles. The van der Waals surface area contributed by atoms with Gasteiger partial charge in [-0.15, -0.1) is 0 Å². The highest BCUT2D eigenvalue weighted by atomic mass is 14.8. The highest BCUT2D eigenvalue weighted by Gasteiger charge is 1.91. The van der Waals surface area contributed by atoms with Gasteiger partial charge in [0.1, 0.15) is 5.82 Å². The van der Waals surface area contributed by atoms with Crippen LogP contribution in [0.5, 0.6) is 0 Å². The number of pyridine rings is 1. The molecule has 0 aliphatic rings. The molecule has 0 atom stereocenters. The number of rotatable bonds is 1. The summed E-state index contributed by atoms with van der Waals surface area (Å²) in [6.45, 7) is 0.577. The summed E-state index contributed by atoms with van der Waals surface area (Å²) in [6.07, 6.45) is 2.33. The van der Waals surface area contributed by atoms with Crippen molar-refractivity contribution in [3.05, 3.63) is 23.9 Å². The maximum Gasteiger partial charge on any atom is 0.139 e. The van der Waals surface area contributed by atoms with Gasteiger partial charge >= 0.3 is 0 Å². The van der Waals surface area contributed by atoms with Gasteiger partial charge in [0, 0.05) is 19.2 Å². The first kappa shape index (κ1) is 8.57. The molecule has 3 nitrogen and oxygen atoms in total. The van der Waals surface area contributed by atoms with Gasteiger partial charge in [-0.05, 0) is 12.1 Å². The molecule has 0 aliphatic carbocycles. The van der Waals surface area contributed by atoms with E-state index in [1.54, 1.807) is 6.20 Å². The Kier molecular flexibility index (Phi) is 3.12. The van der Waals surface area contributed by atoms with Crippen LogP contribution >= 0.6 is 0 Å². The Labute approximate surface area is 71.8 Å². The van der Waals surface area contributed by atoms with Gasteiger partial charge < -0.3 is 11.5 Å². The van der Waals surface area contributed by atoms with E-state index in [2.05, 4.69) is 16.8 Å². The molecule has 4 N–H and O–H groups in total. The predicted octanol–water partition coefficient (Wildman–Crippen LogP) is 0.364. The fourth-order valence-electron chi connectivity index (χ4n) is 0.753. The Bertz CT molecular complexity index is 309. The Hall–Kier alpha value is -1.53. The van der Waals surface area contributed by atoms with E-state index < -0.39 is 0 Å². The van der Waals surface area contributed by atoms with Crippen molar-refractivity contribution in [2.24, 2.45) is 5.73 Å². The van der Waals surface area contributed by atoms with Crippen molar-refractivity contribution < 1.29 is 0 Å². The molecule has 0 spiro atoms. The summed E-state index contributed by atoms with van der Waals surface area (Å²) < 4.78 is 0. The number of nitrogens with zero attached hydrogens (tertiary/aromatic N) is 1. The number of aromatic nitrogens is 1. The topological polar surface area (TPSA) is 64.9 Å². The molecule has 0 bridgehead atoms. The van der Waals surface area contributed by atoms with Crippen LogP contribution in [0, 0.1) is 11.8 Å². The summed E-state index contributed by atoms with van der Waals surface area (Å²) in [5, 5.41) is 0. The summed E-state index contributed by atoms with van der Waals surface area (Å²) in [6, 6.07) is 3.65. The summed E-state index contributed by atoms with van der Waals surface area (Å²) in [4.78, 5) is 3.90. The molecule has 62 valence electrons. The van der Waals surface area contributed by atoms with Crippen LogP contribution in [0.25, 0.3) is 0 Å². The van der Waals surface area contributed by atoms with Crippen molar-refractivity contribution >= 4 is 5.82 Å². The van der Waals surface area contributed by atoms with Crippen LogP contribution in [0.4, 0.5) is 5.82 Å². The van der Waals surface area contributed by atoms with Crippen molar-refractivity contribution in [1.29, 1.82) is 0 Å². The zero-order valence-electron chi connectivity index (χ0n) is 6.75. The smallest absolute Gasteiger partial charge is 0.139 e. The van der Waals surface area contributed by atoms with Crippen LogP contribution in [0.2, 0.25) is 0 Å². The molecule has 0 saturated carbocycles. The number of hydrogen-bond donors (Lipinski definition) is 2. The van der Waals surface area contributed by atoms with Crippen molar-refractivity contribution in [3.8, 4) is 11.8 Å². The van der Waals surface area contributed by atoms with E-state index in [0.717, 1.165) is 5.56 Å². The largest absolute Gasteiger partial charge is 0.383 e. The Morgan fingerprint density at radius 2 is 2.33 bits per heavy atom. The van der Waals surface area contributed by atoms with Gasteiger partial charge in [0.2, 0.25) is 0 Å². The normalized spacial score (nSPS) is 8.75. The highest BCUT2D eigenvalue weighted by Crippen LogP contribution is 2.03. The van der Waals surface area contributed by atoms with Crippen LogP contribution in [0.3, 0.4) is 0 Å². The van der Waals surface area contributed by atoms with Crippen LogP contribution in [-0.2, 0) is 0 Å². The first-order valence-electron chi connectivity index (χ1n) is 3.74. The lowest BCUT2D eigenvalue weighted by Gasteiger charge is -1.93. The van der Waals surface area contributed by atoms with E-state index in [9.17, 15) is 0 Å². The van der Waals surface area contributed by atoms with Crippen molar-refractivity contribution in [2.45, 2.75) is 6.42 Å². The van der Waals surface area contributed by atoms with Gasteiger partial charge in [0.15, 0.2) is 0 Å². The molecule has 0 unspecified atom stereocenters. The first-order valence-corrected chi connectivity index (χ1v) is 3.74. The molecule has 1 heterocycles. The van der Waals surface area contributed by atoms with Gasteiger partial charge in [-0.3, -0.25) is 0 Å². The lowest BCUT2D eigenvalue weighted by Crippen LogP contribution is -1.96. The first-order chi connectivity index (χ1) is 5.84. The van der Waals surface area contributed by atoms with Gasteiger partial charge in [-0.2, -0.15) is 0 Å². The number of nitrogen functional groups attached to an aromatic ring is 1. The Morgan fingerprint density at radius 1 is 1.50 bits per heavy atom. The minimum absolute atomic E-state index is 0.474. The fourth-order valence-corrected chi connectivity index (χ4v) is 0.753. The lowest BCUT2D eigenvalue weighted by atomic mass is 10.2. The van der Waals surface area contributed by atoms with E-state index in [0.29, 0.717) is 18.8 Å². The van der Waals surface area contributed by atoms with Crippen LogP contribution in [0.1, 0.15) is 12.0 Å². The Morgan fingerprint density at radius 3 is 3.00 bits per heavy atom. The summed E-state index contributed by atoms with van der Waals surface area (Å²) in [5.74, 6) is 6.27. The maximum atomic E-state index is 5.56. The molecule has 1 aromatic rings. The average Bonchev–Trinajstić information content (AvgIpc) is 2.09. The molecule has 0 amide bonds. The SMILES string of the molecule is NCCC#Cc1cccnc1N. The average molecular weight is 161 g/mol. The summed E-state index contributed by atoms with van der Waals surface area (Å²) in [7, 11) is 0. The van der Waals surface area contributed by atoms with Crippen LogP contribution < -0.4 is 11.5 Å². The predicted molar refractivity (Wildman–Crippen MR) is 49.2 cm³/mol. The van der Waals surface area contributed by atoms with Gasteiger partial charge in [-0.1, -0.05) is 11.8 Å². The van der Waals surface area contributed by atoms with Gasteiger partial charge in [-0.25, -0.2) is 4.98 Å². The molecule has 0 saturated heterocycles. The minimum atomic E-state index is 0.474. The summed E-state index contributed by atoms with van der Waals surface area (Å²) in [5.41, 5.74) is 11.6. The van der Waals surface area contributed by atoms with E-state index in [1.807, 2.05) is 12.1 Å². The molecular formula is C9H11N3. The monoisotopic (exact) mass is 161 g/mol. The molecule has 12 heavy (non-hydrogen) atoms. The molecule has 0 fully saturated rings. The highest BCUT2D eigenvalue weighted by molar-refractivity contribution is 5.49. The number of anilines is 1. The van der Waals surface area contributed by atoms with Crippen molar-refractivity contribution in [1.82, 2.24) is 4.98 Å². The molecule has 0 radical (unpaired) electrons. The second-order valence-corrected chi connectivity index (χ2v) is 2.28. The van der Waals surface area contributed by atoms with E-state index in [-0.39, 0.29) is 0 Å². The fraction of sp³-hybridized carbons (Fsp3) is 0.222. The minimum Gasteiger partial charge on any atom is -0.383 e. The molecular weight excluding hydrogens is 150 g/mol.